The van der Waals surface area contributed by atoms with Crippen LogP contribution in [0.5, 0.6) is 0 Å². The van der Waals surface area contributed by atoms with Crippen LogP contribution in [-0.4, -0.2) is 5.71 Å². The van der Waals surface area contributed by atoms with Crippen molar-refractivity contribution in [2.45, 2.75) is 6.42 Å². The first-order valence-electron chi connectivity index (χ1n) is 4.60. The summed E-state index contributed by atoms with van der Waals surface area (Å²) in [6.45, 7) is 0. The molecule has 0 atom stereocenters. The Labute approximate surface area is 87.4 Å². The van der Waals surface area contributed by atoms with Crippen molar-refractivity contribution in [3.05, 3.63) is 47.0 Å². The lowest BCUT2D eigenvalue weighted by Gasteiger charge is -2.06. The Morgan fingerprint density at radius 3 is 3.14 bits per heavy atom. The lowest BCUT2D eigenvalue weighted by molar-refractivity contribution is 1.44. The molecule has 2 aliphatic rings. The summed E-state index contributed by atoms with van der Waals surface area (Å²) in [5, 5.41) is 0.794. The molecule has 0 amide bonds. The summed E-state index contributed by atoms with van der Waals surface area (Å²) in [5.41, 5.74) is 4.42. The summed E-state index contributed by atoms with van der Waals surface area (Å²) < 4.78 is 0. The van der Waals surface area contributed by atoms with Crippen LogP contribution >= 0.6 is 11.6 Å². The molecule has 0 unspecified atom stereocenters. The van der Waals surface area contributed by atoms with Gasteiger partial charge in [0.05, 0.1) is 16.4 Å². The van der Waals surface area contributed by atoms with Crippen LogP contribution in [0.15, 0.2) is 41.4 Å². The van der Waals surface area contributed by atoms with E-state index in [0.29, 0.717) is 0 Å². The first kappa shape index (κ1) is 8.01. The van der Waals surface area contributed by atoms with E-state index in [1.165, 1.54) is 5.57 Å². The maximum atomic E-state index is 6.15. The van der Waals surface area contributed by atoms with E-state index >= 15 is 0 Å². The zero-order valence-corrected chi connectivity index (χ0v) is 8.25. The van der Waals surface area contributed by atoms with Crippen molar-refractivity contribution in [1.29, 1.82) is 0 Å². The molecule has 0 aromatic heterocycles. The molecular weight excluding hydrogens is 194 g/mol. The van der Waals surface area contributed by atoms with Gasteiger partial charge in [-0.1, -0.05) is 35.9 Å². The molecule has 1 aliphatic carbocycles. The van der Waals surface area contributed by atoms with Crippen molar-refractivity contribution in [2.75, 3.05) is 0 Å². The predicted molar refractivity (Wildman–Crippen MR) is 60.3 cm³/mol. The number of hydrogen-bond donors (Lipinski definition) is 0. The number of benzene rings is 1. The van der Waals surface area contributed by atoms with E-state index in [1.807, 2.05) is 18.2 Å². The van der Waals surface area contributed by atoms with Crippen LogP contribution in [0.1, 0.15) is 12.0 Å². The Hall–Kier alpha value is -1.34. The van der Waals surface area contributed by atoms with Crippen LogP contribution in [0.25, 0.3) is 5.57 Å². The van der Waals surface area contributed by atoms with Gasteiger partial charge < -0.3 is 0 Å². The van der Waals surface area contributed by atoms with Crippen LogP contribution in [-0.2, 0) is 0 Å². The van der Waals surface area contributed by atoms with E-state index in [0.717, 1.165) is 28.4 Å². The van der Waals surface area contributed by atoms with Gasteiger partial charge in [-0.05, 0) is 12.1 Å². The highest BCUT2D eigenvalue weighted by molar-refractivity contribution is 6.38. The molecule has 14 heavy (non-hydrogen) atoms. The van der Waals surface area contributed by atoms with E-state index < -0.39 is 0 Å². The predicted octanol–water partition coefficient (Wildman–Crippen LogP) is 3.77. The maximum absolute atomic E-state index is 6.15. The van der Waals surface area contributed by atoms with Gasteiger partial charge in [0, 0.05) is 17.6 Å². The fourth-order valence-electron chi connectivity index (χ4n) is 1.90. The second-order valence-corrected chi connectivity index (χ2v) is 3.81. The fourth-order valence-corrected chi connectivity index (χ4v) is 2.17. The van der Waals surface area contributed by atoms with E-state index in [2.05, 4.69) is 23.2 Å². The van der Waals surface area contributed by atoms with E-state index in [4.69, 9.17) is 11.6 Å². The zero-order chi connectivity index (χ0) is 9.54. The number of halogens is 1. The molecule has 1 heterocycles. The number of aliphatic imine (C=N–C) groups is 1. The Morgan fingerprint density at radius 1 is 1.29 bits per heavy atom. The molecule has 1 nitrogen and oxygen atoms in total. The third-order valence-corrected chi connectivity index (χ3v) is 2.85. The van der Waals surface area contributed by atoms with Crippen molar-refractivity contribution < 1.29 is 0 Å². The highest BCUT2D eigenvalue weighted by atomic mass is 35.5. The van der Waals surface area contributed by atoms with Gasteiger partial charge in [-0.2, -0.15) is 0 Å². The van der Waals surface area contributed by atoms with Crippen LogP contribution in [0.2, 0.25) is 5.02 Å². The number of rotatable bonds is 0. The van der Waals surface area contributed by atoms with Crippen molar-refractivity contribution in [1.82, 2.24) is 0 Å². The Bertz CT molecular complexity index is 495. The number of nitrogens with zero attached hydrogens (tertiary/aromatic N) is 1. The van der Waals surface area contributed by atoms with Crippen LogP contribution < -0.4 is 0 Å². The van der Waals surface area contributed by atoms with Gasteiger partial charge in [0.2, 0.25) is 0 Å². The van der Waals surface area contributed by atoms with Crippen LogP contribution in [0.4, 0.5) is 5.69 Å². The molecule has 1 aliphatic heterocycles. The van der Waals surface area contributed by atoms with Crippen molar-refractivity contribution in [3.63, 3.8) is 0 Å². The second kappa shape index (κ2) is 2.82. The van der Waals surface area contributed by atoms with Gasteiger partial charge in [-0.25, -0.2) is 0 Å². The topological polar surface area (TPSA) is 12.4 Å². The Morgan fingerprint density at radius 2 is 2.21 bits per heavy atom. The molecule has 0 saturated carbocycles. The minimum absolute atomic E-state index is 0.794. The summed E-state index contributed by atoms with van der Waals surface area (Å²) in [6, 6.07) is 5.86. The van der Waals surface area contributed by atoms with Gasteiger partial charge in [0.15, 0.2) is 0 Å². The average Bonchev–Trinajstić information content (AvgIpc) is 2.57. The van der Waals surface area contributed by atoms with Gasteiger partial charge in [-0.3, -0.25) is 4.99 Å². The SMILES string of the molecule is Clc1cccc2c1C1=CC=CCC1=N2. The second-order valence-electron chi connectivity index (χ2n) is 3.41. The molecule has 0 saturated heterocycles. The maximum Gasteiger partial charge on any atom is 0.0727 e. The van der Waals surface area contributed by atoms with Crippen molar-refractivity contribution in [2.24, 2.45) is 4.99 Å². The molecule has 3 rings (SSSR count). The molecular formula is C12H8ClN. The van der Waals surface area contributed by atoms with Gasteiger partial charge in [-0.15, -0.1) is 0 Å². The normalized spacial score (nSPS) is 17.2. The summed E-state index contributed by atoms with van der Waals surface area (Å²) in [6.07, 6.45) is 7.17. The smallest absolute Gasteiger partial charge is 0.0727 e. The molecule has 0 spiro atoms. The Balaban J connectivity index is 2.29. The highest BCUT2D eigenvalue weighted by Crippen LogP contribution is 2.41. The first-order chi connectivity index (χ1) is 6.86. The van der Waals surface area contributed by atoms with Crippen molar-refractivity contribution >= 4 is 28.6 Å². The zero-order valence-electron chi connectivity index (χ0n) is 7.50. The molecule has 0 bridgehead atoms. The fraction of sp³-hybridized carbons (Fsp3) is 0.0833. The quantitative estimate of drug-likeness (QED) is 0.606. The van der Waals surface area contributed by atoms with E-state index in [-0.39, 0.29) is 0 Å². The highest BCUT2D eigenvalue weighted by Gasteiger charge is 2.22. The third-order valence-electron chi connectivity index (χ3n) is 2.54. The summed E-state index contributed by atoms with van der Waals surface area (Å²) in [5.74, 6) is 0. The lowest BCUT2D eigenvalue weighted by Crippen LogP contribution is -1.98. The first-order valence-corrected chi connectivity index (χ1v) is 4.98. The summed E-state index contributed by atoms with van der Waals surface area (Å²) in [4.78, 5) is 4.55. The molecule has 1 aromatic rings. The summed E-state index contributed by atoms with van der Waals surface area (Å²) in [7, 11) is 0. The van der Waals surface area contributed by atoms with Crippen LogP contribution in [0, 0.1) is 0 Å². The van der Waals surface area contributed by atoms with Crippen molar-refractivity contribution in [3.8, 4) is 0 Å². The number of hydrogen-bond acceptors (Lipinski definition) is 1. The molecule has 68 valence electrons. The molecule has 2 heteroatoms. The average molecular weight is 202 g/mol. The van der Waals surface area contributed by atoms with Gasteiger partial charge >= 0.3 is 0 Å². The van der Waals surface area contributed by atoms with E-state index in [1.54, 1.807) is 0 Å². The third kappa shape index (κ3) is 0.992. The van der Waals surface area contributed by atoms with Crippen LogP contribution in [0.3, 0.4) is 0 Å². The number of fused-ring (bicyclic) bond motifs is 3. The van der Waals surface area contributed by atoms with Gasteiger partial charge in [0.1, 0.15) is 0 Å². The molecule has 1 aromatic carbocycles. The standard InChI is InChI=1S/C12H8ClN/c13-9-5-3-7-11-12(9)8-4-1-2-6-10(8)14-11/h1-5,7H,6H2. The van der Waals surface area contributed by atoms with E-state index in [9.17, 15) is 0 Å². The molecule has 0 N–H and O–H groups in total. The largest absolute Gasteiger partial charge is 0.252 e. The monoisotopic (exact) mass is 201 g/mol. The molecule has 0 fully saturated rings. The minimum Gasteiger partial charge on any atom is -0.252 e. The Kier molecular flexibility index (Phi) is 1.62. The summed E-state index contributed by atoms with van der Waals surface area (Å²) >= 11 is 6.15. The lowest BCUT2D eigenvalue weighted by atomic mass is 9.97. The van der Waals surface area contributed by atoms with Gasteiger partial charge in [0.25, 0.3) is 0 Å². The molecule has 0 radical (unpaired) electrons. The minimum atomic E-state index is 0.794. The number of allylic oxidation sites excluding steroid dienone is 4.